The zero-order chi connectivity index (χ0) is 17.5. The first kappa shape index (κ1) is 17.7. The topological polar surface area (TPSA) is 29.5 Å². The molecule has 2 aromatic carbocycles. The highest BCUT2D eigenvalue weighted by Crippen LogP contribution is 2.20. The summed E-state index contributed by atoms with van der Waals surface area (Å²) in [4.78, 5) is 15.0. The number of rotatable bonds is 7. The Morgan fingerprint density at radius 1 is 1.08 bits per heavy atom. The Kier molecular flexibility index (Phi) is 6.24. The smallest absolute Gasteiger partial charge is 0.252 e. The number of aryl methyl sites for hydroxylation is 1. The molecule has 0 saturated carbocycles. The van der Waals surface area contributed by atoms with E-state index in [1.807, 2.05) is 29.2 Å². The van der Waals surface area contributed by atoms with Crippen LogP contribution in [-0.2, 0) is 22.5 Å². The van der Waals surface area contributed by atoms with Crippen molar-refractivity contribution in [2.24, 2.45) is 0 Å². The van der Waals surface area contributed by atoms with E-state index in [1.165, 1.54) is 11.1 Å². The van der Waals surface area contributed by atoms with Crippen LogP contribution in [0.2, 0.25) is 0 Å². The fraction of sp³-hybridized carbons (Fsp3) is 0.409. The van der Waals surface area contributed by atoms with Crippen molar-refractivity contribution in [3.05, 3.63) is 71.8 Å². The molecule has 0 bridgehead atoms. The summed E-state index contributed by atoms with van der Waals surface area (Å²) in [5.74, 6) is 0.141. The molecule has 0 N–H and O–H groups in total. The maximum atomic E-state index is 13.0. The molecule has 2 atom stereocenters. The predicted octanol–water partition coefficient (Wildman–Crippen LogP) is 4.22. The molecule has 0 aliphatic carbocycles. The third-order valence-corrected chi connectivity index (χ3v) is 4.91. The maximum absolute atomic E-state index is 13.0. The van der Waals surface area contributed by atoms with Gasteiger partial charge >= 0.3 is 0 Å². The van der Waals surface area contributed by atoms with E-state index in [0.717, 1.165) is 25.7 Å². The summed E-state index contributed by atoms with van der Waals surface area (Å²) in [7, 11) is 0. The number of ether oxygens (including phenoxy) is 1. The first-order chi connectivity index (χ1) is 12.2. The molecule has 1 fully saturated rings. The lowest BCUT2D eigenvalue weighted by Gasteiger charge is -2.31. The van der Waals surface area contributed by atoms with Crippen molar-refractivity contribution in [2.45, 2.75) is 51.3 Å². The standard InChI is InChI=1S/C22H27NO2/c1-18(14-15-19-9-4-2-5-10-19)23(17-20-11-6-3-7-12-20)22(24)21-13-8-16-25-21/h2-7,9-12,18,21H,8,13-17H2,1H3/t18-,21-/m1/s1. The van der Waals surface area contributed by atoms with Crippen molar-refractivity contribution >= 4 is 5.91 Å². The van der Waals surface area contributed by atoms with E-state index in [0.29, 0.717) is 13.2 Å². The molecule has 1 aliphatic heterocycles. The van der Waals surface area contributed by atoms with Crippen LogP contribution < -0.4 is 0 Å². The molecule has 0 spiro atoms. The van der Waals surface area contributed by atoms with Gasteiger partial charge in [0.25, 0.3) is 5.91 Å². The Morgan fingerprint density at radius 3 is 2.32 bits per heavy atom. The number of hydrogen-bond acceptors (Lipinski definition) is 2. The average molecular weight is 337 g/mol. The zero-order valence-electron chi connectivity index (χ0n) is 14.9. The molecule has 1 heterocycles. The van der Waals surface area contributed by atoms with E-state index in [9.17, 15) is 4.79 Å². The summed E-state index contributed by atoms with van der Waals surface area (Å²) in [6, 6.07) is 20.9. The molecular weight excluding hydrogens is 310 g/mol. The Balaban J connectivity index is 1.68. The maximum Gasteiger partial charge on any atom is 0.252 e. The third kappa shape index (κ3) is 4.93. The Morgan fingerprint density at radius 2 is 1.72 bits per heavy atom. The van der Waals surface area contributed by atoms with Crippen LogP contribution in [0, 0.1) is 0 Å². The molecule has 0 aromatic heterocycles. The normalized spacial score (nSPS) is 18.0. The second-order valence-electron chi connectivity index (χ2n) is 6.83. The van der Waals surface area contributed by atoms with Gasteiger partial charge in [0.1, 0.15) is 6.10 Å². The molecule has 1 amide bonds. The lowest BCUT2D eigenvalue weighted by atomic mass is 10.0. The summed E-state index contributed by atoms with van der Waals surface area (Å²) in [6.07, 6.45) is 3.49. The summed E-state index contributed by atoms with van der Waals surface area (Å²) < 4.78 is 5.66. The summed E-state index contributed by atoms with van der Waals surface area (Å²) in [5.41, 5.74) is 2.49. The van der Waals surface area contributed by atoms with Crippen LogP contribution in [0.5, 0.6) is 0 Å². The van der Waals surface area contributed by atoms with Crippen LogP contribution >= 0.6 is 0 Å². The predicted molar refractivity (Wildman–Crippen MR) is 100 cm³/mol. The molecule has 1 aliphatic rings. The third-order valence-electron chi connectivity index (χ3n) is 4.91. The van der Waals surface area contributed by atoms with Crippen LogP contribution in [0.15, 0.2) is 60.7 Å². The minimum absolute atomic E-state index is 0.141. The highest BCUT2D eigenvalue weighted by atomic mass is 16.5. The fourth-order valence-corrected chi connectivity index (χ4v) is 3.36. The van der Waals surface area contributed by atoms with E-state index < -0.39 is 0 Å². The van der Waals surface area contributed by atoms with Gasteiger partial charge in [0.2, 0.25) is 0 Å². The number of hydrogen-bond donors (Lipinski definition) is 0. The van der Waals surface area contributed by atoms with Gasteiger partial charge in [-0.2, -0.15) is 0 Å². The minimum Gasteiger partial charge on any atom is -0.368 e. The van der Waals surface area contributed by atoms with Gasteiger partial charge in [-0.25, -0.2) is 0 Å². The highest BCUT2D eigenvalue weighted by Gasteiger charge is 2.30. The first-order valence-electron chi connectivity index (χ1n) is 9.24. The van der Waals surface area contributed by atoms with Gasteiger partial charge in [0, 0.05) is 19.2 Å². The summed E-state index contributed by atoms with van der Waals surface area (Å²) in [5, 5.41) is 0. The lowest BCUT2D eigenvalue weighted by molar-refractivity contribution is -0.143. The number of nitrogens with zero attached hydrogens (tertiary/aromatic N) is 1. The minimum atomic E-state index is -0.261. The van der Waals surface area contributed by atoms with Crippen molar-refractivity contribution in [1.29, 1.82) is 0 Å². The number of amides is 1. The van der Waals surface area contributed by atoms with Crippen molar-refractivity contribution in [1.82, 2.24) is 4.90 Å². The number of carbonyl (C=O) groups excluding carboxylic acids is 1. The number of benzene rings is 2. The summed E-state index contributed by atoms with van der Waals surface area (Å²) in [6.45, 7) is 3.50. The van der Waals surface area contributed by atoms with Crippen LogP contribution in [-0.4, -0.2) is 29.6 Å². The Bertz CT molecular complexity index is 650. The van der Waals surface area contributed by atoms with E-state index in [4.69, 9.17) is 4.74 Å². The van der Waals surface area contributed by atoms with Gasteiger partial charge in [0.05, 0.1) is 0 Å². The average Bonchev–Trinajstić information content (AvgIpc) is 3.20. The van der Waals surface area contributed by atoms with Gasteiger partial charge in [-0.1, -0.05) is 60.7 Å². The fourth-order valence-electron chi connectivity index (χ4n) is 3.36. The van der Waals surface area contributed by atoms with E-state index >= 15 is 0 Å². The zero-order valence-corrected chi connectivity index (χ0v) is 14.9. The lowest BCUT2D eigenvalue weighted by Crippen LogP contribution is -2.44. The molecule has 2 aromatic rings. The molecule has 25 heavy (non-hydrogen) atoms. The van der Waals surface area contributed by atoms with E-state index in [2.05, 4.69) is 43.3 Å². The van der Waals surface area contributed by atoms with Crippen LogP contribution in [0.4, 0.5) is 0 Å². The molecular formula is C22H27NO2. The SMILES string of the molecule is C[C@H](CCc1ccccc1)N(Cc1ccccc1)C(=O)[C@H]1CCCO1. The second-order valence-corrected chi connectivity index (χ2v) is 6.83. The first-order valence-corrected chi connectivity index (χ1v) is 9.24. The van der Waals surface area contributed by atoms with Gasteiger partial charge in [-0.3, -0.25) is 4.79 Å². The molecule has 1 saturated heterocycles. The van der Waals surface area contributed by atoms with Crippen molar-refractivity contribution < 1.29 is 9.53 Å². The van der Waals surface area contributed by atoms with E-state index in [1.54, 1.807) is 0 Å². The Hall–Kier alpha value is -2.13. The van der Waals surface area contributed by atoms with Gasteiger partial charge < -0.3 is 9.64 Å². The second kappa shape index (κ2) is 8.82. The van der Waals surface area contributed by atoms with Crippen LogP contribution in [0.25, 0.3) is 0 Å². The Labute approximate surface area is 150 Å². The largest absolute Gasteiger partial charge is 0.368 e. The molecule has 3 nitrogen and oxygen atoms in total. The van der Waals surface area contributed by atoms with Crippen LogP contribution in [0.1, 0.15) is 37.3 Å². The molecule has 132 valence electrons. The molecule has 3 heteroatoms. The van der Waals surface area contributed by atoms with Gasteiger partial charge in [-0.05, 0) is 43.7 Å². The summed E-state index contributed by atoms with van der Waals surface area (Å²) >= 11 is 0. The van der Waals surface area contributed by atoms with Crippen molar-refractivity contribution in [3.8, 4) is 0 Å². The van der Waals surface area contributed by atoms with Gasteiger partial charge in [0.15, 0.2) is 0 Å². The quantitative estimate of drug-likeness (QED) is 0.757. The van der Waals surface area contributed by atoms with Gasteiger partial charge in [-0.15, -0.1) is 0 Å². The van der Waals surface area contributed by atoms with Crippen LogP contribution in [0.3, 0.4) is 0 Å². The molecule has 0 radical (unpaired) electrons. The number of carbonyl (C=O) groups is 1. The highest BCUT2D eigenvalue weighted by molar-refractivity contribution is 5.81. The van der Waals surface area contributed by atoms with Crippen molar-refractivity contribution in [2.75, 3.05) is 6.61 Å². The van der Waals surface area contributed by atoms with Crippen molar-refractivity contribution in [3.63, 3.8) is 0 Å². The van der Waals surface area contributed by atoms with E-state index in [-0.39, 0.29) is 18.1 Å². The molecule has 3 rings (SSSR count). The monoisotopic (exact) mass is 337 g/mol. The molecule has 0 unspecified atom stereocenters.